The molecule has 0 radical (unpaired) electrons. The molecule has 3 N–H and O–H groups in total. The second kappa shape index (κ2) is 3.80. The molecule has 2 atom stereocenters. The molecule has 2 fully saturated rings. The molecule has 1 saturated heterocycles. The molecule has 1 aliphatic carbocycles. The van der Waals surface area contributed by atoms with Crippen molar-refractivity contribution in [2.45, 2.75) is 44.8 Å². The topological polar surface area (TPSA) is 55.5 Å². The lowest BCUT2D eigenvalue weighted by Gasteiger charge is -2.50. The van der Waals surface area contributed by atoms with E-state index in [1.54, 1.807) is 0 Å². The number of aliphatic hydroxyl groups is 1. The lowest BCUT2D eigenvalue weighted by atomic mass is 9.58. The third-order valence-corrected chi connectivity index (χ3v) is 3.86. The van der Waals surface area contributed by atoms with Gasteiger partial charge in [-0.1, -0.05) is 6.92 Å². The Balaban J connectivity index is 1.97. The highest BCUT2D eigenvalue weighted by Crippen LogP contribution is 2.49. The smallest absolute Gasteiger partial charge is 0.0870 e. The molecule has 14 heavy (non-hydrogen) atoms. The Bertz CT molecular complexity index is 195. The first-order chi connectivity index (χ1) is 6.68. The van der Waals surface area contributed by atoms with Crippen LogP contribution in [0.3, 0.4) is 0 Å². The van der Waals surface area contributed by atoms with E-state index in [1.807, 2.05) is 0 Å². The van der Waals surface area contributed by atoms with E-state index >= 15 is 0 Å². The van der Waals surface area contributed by atoms with Crippen molar-refractivity contribution >= 4 is 0 Å². The maximum Gasteiger partial charge on any atom is 0.0870 e. The molecular formula is C11H21NO2. The number of aliphatic hydroxyl groups excluding tert-OH is 1. The molecule has 1 aliphatic heterocycles. The summed E-state index contributed by atoms with van der Waals surface area (Å²) in [5.41, 5.74) is 5.75. The van der Waals surface area contributed by atoms with Crippen molar-refractivity contribution in [2.24, 2.45) is 17.1 Å². The number of ether oxygens (including phenoxy) is 1. The Kier molecular flexibility index (Phi) is 2.82. The first-order valence-electron chi connectivity index (χ1n) is 5.68. The van der Waals surface area contributed by atoms with Crippen molar-refractivity contribution in [1.82, 2.24) is 0 Å². The van der Waals surface area contributed by atoms with Crippen molar-refractivity contribution in [3.05, 3.63) is 0 Å². The average Bonchev–Trinajstić information content (AvgIpc) is 2.64. The highest BCUT2D eigenvalue weighted by molar-refractivity contribution is 5.01. The Morgan fingerprint density at radius 1 is 1.57 bits per heavy atom. The van der Waals surface area contributed by atoms with Crippen LogP contribution in [0, 0.1) is 11.3 Å². The fraction of sp³-hybridized carbons (Fsp3) is 1.00. The molecule has 0 aromatic carbocycles. The molecule has 2 rings (SSSR count). The van der Waals surface area contributed by atoms with Gasteiger partial charge in [0, 0.05) is 18.6 Å². The molecule has 0 spiro atoms. The SMILES string of the molecule is CC1CC(CN)([C@H](O)[C@@H]2CCCO2)C1. The summed E-state index contributed by atoms with van der Waals surface area (Å²) in [7, 11) is 0. The maximum absolute atomic E-state index is 10.2. The van der Waals surface area contributed by atoms with E-state index in [0.29, 0.717) is 6.54 Å². The lowest BCUT2D eigenvalue weighted by molar-refractivity contribution is -0.120. The van der Waals surface area contributed by atoms with Crippen LogP contribution in [-0.2, 0) is 4.74 Å². The summed E-state index contributed by atoms with van der Waals surface area (Å²) in [4.78, 5) is 0. The fourth-order valence-electron chi connectivity index (χ4n) is 3.10. The highest BCUT2D eigenvalue weighted by atomic mass is 16.5. The number of hydrogen-bond donors (Lipinski definition) is 2. The minimum absolute atomic E-state index is 0.0333. The molecule has 1 heterocycles. The molecule has 82 valence electrons. The van der Waals surface area contributed by atoms with Crippen LogP contribution in [0.2, 0.25) is 0 Å². The van der Waals surface area contributed by atoms with Crippen molar-refractivity contribution in [2.75, 3.05) is 13.2 Å². The molecule has 0 aromatic rings. The molecular weight excluding hydrogens is 178 g/mol. The van der Waals surface area contributed by atoms with E-state index in [4.69, 9.17) is 10.5 Å². The van der Waals surface area contributed by atoms with Crippen molar-refractivity contribution in [1.29, 1.82) is 0 Å². The molecule has 0 amide bonds. The van der Waals surface area contributed by atoms with Gasteiger partial charge in [0.05, 0.1) is 12.2 Å². The minimum atomic E-state index is -0.341. The summed E-state index contributed by atoms with van der Waals surface area (Å²) in [5.74, 6) is 0.717. The van der Waals surface area contributed by atoms with E-state index in [1.165, 1.54) is 0 Å². The number of rotatable bonds is 3. The monoisotopic (exact) mass is 199 g/mol. The van der Waals surface area contributed by atoms with Gasteiger partial charge >= 0.3 is 0 Å². The highest BCUT2D eigenvalue weighted by Gasteiger charge is 2.49. The fourth-order valence-corrected chi connectivity index (χ4v) is 3.10. The largest absolute Gasteiger partial charge is 0.390 e. The number of hydrogen-bond acceptors (Lipinski definition) is 3. The van der Waals surface area contributed by atoms with Gasteiger partial charge in [-0.2, -0.15) is 0 Å². The normalized spacial score (nSPS) is 44.8. The predicted molar refractivity (Wildman–Crippen MR) is 54.9 cm³/mol. The van der Waals surface area contributed by atoms with Gasteiger partial charge < -0.3 is 15.6 Å². The van der Waals surface area contributed by atoms with Gasteiger partial charge in [-0.25, -0.2) is 0 Å². The van der Waals surface area contributed by atoms with Crippen LogP contribution in [0.15, 0.2) is 0 Å². The summed E-state index contributed by atoms with van der Waals surface area (Å²) in [6, 6.07) is 0. The molecule has 1 saturated carbocycles. The quantitative estimate of drug-likeness (QED) is 0.710. The van der Waals surface area contributed by atoms with Crippen LogP contribution < -0.4 is 5.73 Å². The van der Waals surface area contributed by atoms with Crippen molar-refractivity contribution < 1.29 is 9.84 Å². The van der Waals surface area contributed by atoms with Crippen LogP contribution in [-0.4, -0.2) is 30.5 Å². The predicted octanol–water partition coefficient (Wildman–Crippen LogP) is 0.901. The summed E-state index contributed by atoms with van der Waals surface area (Å²) >= 11 is 0. The van der Waals surface area contributed by atoms with Crippen molar-refractivity contribution in [3.63, 3.8) is 0 Å². The molecule has 2 aliphatic rings. The Morgan fingerprint density at radius 3 is 2.71 bits per heavy atom. The standard InChI is InChI=1S/C11H21NO2/c1-8-5-11(6-8,7-12)10(13)9-3-2-4-14-9/h8-10,13H,2-7,12H2,1H3/t8?,9-,10+,11?/m0/s1. The van der Waals surface area contributed by atoms with Crippen LogP contribution in [0.5, 0.6) is 0 Å². The van der Waals surface area contributed by atoms with Gasteiger partial charge in [-0.15, -0.1) is 0 Å². The van der Waals surface area contributed by atoms with Crippen molar-refractivity contribution in [3.8, 4) is 0 Å². The summed E-state index contributed by atoms with van der Waals surface area (Å²) in [5, 5.41) is 10.2. The third kappa shape index (κ3) is 1.58. The molecule has 3 nitrogen and oxygen atoms in total. The first-order valence-corrected chi connectivity index (χ1v) is 5.68. The van der Waals surface area contributed by atoms with Gasteiger partial charge in [0.2, 0.25) is 0 Å². The zero-order valence-corrected chi connectivity index (χ0v) is 8.91. The van der Waals surface area contributed by atoms with Gasteiger partial charge in [0.1, 0.15) is 0 Å². The van der Waals surface area contributed by atoms with Gasteiger partial charge in [0.25, 0.3) is 0 Å². The van der Waals surface area contributed by atoms with Crippen LogP contribution in [0.1, 0.15) is 32.6 Å². The van der Waals surface area contributed by atoms with E-state index < -0.39 is 0 Å². The molecule has 3 heteroatoms. The third-order valence-electron chi connectivity index (χ3n) is 3.86. The molecule has 0 aromatic heterocycles. The maximum atomic E-state index is 10.2. The zero-order chi connectivity index (χ0) is 10.2. The summed E-state index contributed by atoms with van der Waals surface area (Å²) in [6.07, 6.45) is 3.90. The minimum Gasteiger partial charge on any atom is -0.390 e. The average molecular weight is 199 g/mol. The van der Waals surface area contributed by atoms with Crippen LogP contribution in [0.4, 0.5) is 0 Å². The van der Waals surface area contributed by atoms with E-state index in [2.05, 4.69) is 6.92 Å². The second-order valence-electron chi connectivity index (χ2n) is 5.08. The van der Waals surface area contributed by atoms with Gasteiger partial charge in [-0.3, -0.25) is 0 Å². The van der Waals surface area contributed by atoms with Gasteiger partial charge in [-0.05, 0) is 31.6 Å². The lowest BCUT2D eigenvalue weighted by Crippen LogP contribution is -2.54. The number of nitrogens with two attached hydrogens (primary N) is 1. The molecule has 0 unspecified atom stereocenters. The summed E-state index contributed by atoms with van der Waals surface area (Å²) < 4.78 is 5.53. The zero-order valence-electron chi connectivity index (χ0n) is 8.91. The second-order valence-corrected chi connectivity index (χ2v) is 5.08. The van der Waals surface area contributed by atoms with Crippen LogP contribution in [0.25, 0.3) is 0 Å². The molecule has 0 bridgehead atoms. The van der Waals surface area contributed by atoms with E-state index in [-0.39, 0.29) is 17.6 Å². The van der Waals surface area contributed by atoms with E-state index in [0.717, 1.165) is 38.2 Å². The Morgan fingerprint density at radius 2 is 2.29 bits per heavy atom. The first kappa shape index (κ1) is 10.4. The van der Waals surface area contributed by atoms with Gasteiger partial charge in [0.15, 0.2) is 0 Å². The Hall–Kier alpha value is -0.120. The van der Waals surface area contributed by atoms with Crippen LogP contribution >= 0.6 is 0 Å². The summed E-state index contributed by atoms with van der Waals surface area (Å²) in [6.45, 7) is 3.62. The Labute approximate surface area is 85.6 Å². The van der Waals surface area contributed by atoms with E-state index in [9.17, 15) is 5.11 Å².